The summed E-state index contributed by atoms with van der Waals surface area (Å²) in [5, 5.41) is 0. The fourth-order valence-electron chi connectivity index (χ4n) is 1.66. The highest BCUT2D eigenvalue weighted by atomic mass is 15.0. The van der Waals surface area contributed by atoms with E-state index in [-0.39, 0.29) is 0 Å². The Bertz CT molecular complexity index is 492. The molecule has 0 fully saturated rings. The van der Waals surface area contributed by atoms with Gasteiger partial charge in [-0.25, -0.2) is 4.98 Å². The van der Waals surface area contributed by atoms with Gasteiger partial charge in [-0.2, -0.15) is 0 Å². The number of hydrogen-bond donors (Lipinski definition) is 2. The summed E-state index contributed by atoms with van der Waals surface area (Å²) in [4.78, 5) is 7.60. The summed E-state index contributed by atoms with van der Waals surface area (Å²) in [6.45, 7) is 5.96. The number of imidazole rings is 1. The van der Waals surface area contributed by atoms with E-state index in [9.17, 15) is 0 Å². The summed E-state index contributed by atoms with van der Waals surface area (Å²) in [7, 11) is 0. The zero-order valence-corrected chi connectivity index (χ0v) is 9.91. The first kappa shape index (κ1) is 10.9. The SMILES string of the molecule is Cc1ccccc1-c1cnc(C(C)(C)N)[nH]1. The lowest BCUT2D eigenvalue weighted by molar-refractivity contribution is 0.520. The predicted molar refractivity (Wildman–Crippen MR) is 66.0 cm³/mol. The van der Waals surface area contributed by atoms with Crippen LogP contribution in [-0.2, 0) is 5.54 Å². The number of aromatic nitrogens is 2. The molecule has 0 aliphatic rings. The van der Waals surface area contributed by atoms with Crippen molar-refractivity contribution >= 4 is 0 Å². The first-order valence-corrected chi connectivity index (χ1v) is 5.39. The summed E-state index contributed by atoms with van der Waals surface area (Å²) in [5.74, 6) is 0.811. The molecule has 16 heavy (non-hydrogen) atoms. The molecule has 0 atom stereocenters. The standard InChI is InChI=1S/C13H17N3/c1-9-6-4-5-7-10(9)11-8-15-12(16-11)13(2,3)14/h4-8H,14H2,1-3H3,(H,15,16). The number of nitrogens with zero attached hydrogens (tertiary/aromatic N) is 1. The number of aromatic amines is 1. The van der Waals surface area contributed by atoms with Crippen molar-refractivity contribution in [2.75, 3.05) is 0 Å². The molecule has 0 amide bonds. The second kappa shape index (κ2) is 3.76. The number of nitrogens with two attached hydrogens (primary N) is 1. The van der Waals surface area contributed by atoms with Crippen molar-refractivity contribution in [2.45, 2.75) is 26.3 Å². The number of benzene rings is 1. The molecule has 0 aliphatic carbocycles. The van der Waals surface area contributed by atoms with Crippen molar-refractivity contribution in [3.05, 3.63) is 41.9 Å². The average Bonchev–Trinajstić information content (AvgIpc) is 2.66. The minimum absolute atomic E-state index is 0.430. The van der Waals surface area contributed by atoms with E-state index in [1.807, 2.05) is 32.2 Å². The molecule has 3 N–H and O–H groups in total. The second-order valence-corrected chi connectivity index (χ2v) is 4.68. The highest BCUT2D eigenvalue weighted by Gasteiger charge is 2.18. The van der Waals surface area contributed by atoms with Crippen LogP contribution in [0.15, 0.2) is 30.5 Å². The van der Waals surface area contributed by atoms with Gasteiger partial charge in [0.2, 0.25) is 0 Å². The third-order valence-electron chi connectivity index (χ3n) is 2.62. The minimum Gasteiger partial charge on any atom is -0.340 e. The van der Waals surface area contributed by atoms with E-state index >= 15 is 0 Å². The fraction of sp³-hybridized carbons (Fsp3) is 0.308. The van der Waals surface area contributed by atoms with E-state index in [2.05, 4.69) is 29.0 Å². The second-order valence-electron chi connectivity index (χ2n) is 4.68. The summed E-state index contributed by atoms with van der Waals surface area (Å²) in [5.41, 5.74) is 8.98. The Balaban J connectivity index is 2.44. The van der Waals surface area contributed by atoms with Crippen LogP contribution in [0.25, 0.3) is 11.3 Å². The Morgan fingerprint density at radius 1 is 1.25 bits per heavy atom. The zero-order chi connectivity index (χ0) is 11.8. The Morgan fingerprint density at radius 3 is 2.50 bits per heavy atom. The molecule has 2 rings (SSSR count). The van der Waals surface area contributed by atoms with Gasteiger partial charge in [-0.1, -0.05) is 24.3 Å². The molecule has 84 valence electrons. The first-order valence-electron chi connectivity index (χ1n) is 5.39. The molecule has 0 bridgehead atoms. The van der Waals surface area contributed by atoms with Crippen LogP contribution in [0.2, 0.25) is 0 Å². The maximum absolute atomic E-state index is 5.99. The summed E-state index contributed by atoms with van der Waals surface area (Å²) in [6, 6.07) is 8.22. The van der Waals surface area contributed by atoms with Crippen molar-refractivity contribution in [1.82, 2.24) is 9.97 Å². The summed E-state index contributed by atoms with van der Waals surface area (Å²) >= 11 is 0. The summed E-state index contributed by atoms with van der Waals surface area (Å²) in [6.07, 6.45) is 1.84. The van der Waals surface area contributed by atoms with Crippen molar-refractivity contribution in [3.8, 4) is 11.3 Å². The maximum atomic E-state index is 5.99. The molecule has 0 unspecified atom stereocenters. The molecule has 0 aliphatic heterocycles. The predicted octanol–water partition coefficient (Wildman–Crippen LogP) is 2.58. The van der Waals surface area contributed by atoms with E-state index in [4.69, 9.17) is 5.73 Å². The molecule has 0 saturated carbocycles. The van der Waals surface area contributed by atoms with E-state index in [0.29, 0.717) is 0 Å². The smallest absolute Gasteiger partial charge is 0.126 e. The highest BCUT2D eigenvalue weighted by Crippen LogP contribution is 2.23. The van der Waals surface area contributed by atoms with Gasteiger partial charge < -0.3 is 10.7 Å². The number of H-pyrrole nitrogens is 1. The van der Waals surface area contributed by atoms with Crippen LogP contribution < -0.4 is 5.73 Å². The van der Waals surface area contributed by atoms with Crippen LogP contribution in [0.5, 0.6) is 0 Å². The quantitative estimate of drug-likeness (QED) is 0.809. The monoisotopic (exact) mass is 215 g/mol. The summed E-state index contributed by atoms with van der Waals surface area (Å²) < 4.78 is 0. The Morgan fingerprint density at radius 2 is 1.94 bits per heavy atom. The normalized spacial score (nSPS) is 11.8. The van der Waals surface area contributed by atoms with Gasteiger partial charge in [0.25, 0.3) is 0 Å². The van der Waals surface area contributed by atoms with Crippen LogP contribution in [0.3, 0.4) is 0 Å². The van der Waals surface area contributed by atoms with Crippen LogP contribution in [0, 0.1) is 6.92 Å². The van der Waals surface area contributed by atoms with Crippen molar-refractivity contribution in [2.24, 2.45) is 5.73 Å². The Labute approximate surface area is 95.7 Å². The minimum atomic E-state index is -0.430. The van der Waals surface area contributed by atoms with Crippen LogP contribution >= 0.6 is 0 Å². The van der Waals surface area contributed by atoms with Crippen molar-refractivity contribution in [3.63, 3.8) is 0 Å². The van der Waals surface area contributed by atoms with Crippen LogP contribution in [0.4, 0.5) is 0 Å². The van der Waals surface area contributed by atoms with Gasteiger partial charge in [0, 0.05) is 5.56 Å². The third kappa shape index (κ3) is 1.99. The first-order chi connectivity index (χ1) is 7.48. The van der Waals surface area contributed by atoms with E-state index in [0.717, 1.165) is 11.5 Å². The van der Waals surface area contributed by atoms with Crippen molar-refractivity contribution < 1.29 is 0 Å². The molecular formula is C13H17N3. The largest absolute Gasteiger partial charge is 0.340 e. The molecule has 0 radical (unpaired) electrons. The Hall–Kier alpha value is -1.61. The molecule has 0 saturated heterocycles. The van der Waals surface area contributed by atoms with Crippen molar-refractivity contribution in [1.29, 1.82) is 0 Å². The lowest BCUT2D eigenvalue weighted by atomic mass is 10.1. The lowest BCUT2D eigenvalue weighted by Gasteiger charge is -2.14. The molecule has 3 nitrogen and oxygen atoms in total. The van der Waals surface area contributed by atoms with E-state index in [1.165, 1.54) is 11.1 Å². The number of rotatable bonds is 2. The molecule has 0 spiro atoms. The van der Waals surface area contributed by atoms with Gasteiger partial charge in [-0.05, 0) is 26.3 Å². The topological polar surface area (TPSA) is 54.7 Å². The van der Waals surface area contributed by atoms with Gasteiger partial charge >= 0.3 is 0 Å². The number of hydrogen-bond acceptors (Lipinski definition) is 2. The van der Waals surface area contributed by atoms with Gasteiger partial charge in [0.05, 0.1) is 17.4 Å². The number of nitrogens with one attached hydrogen (secondary N) is 1. The molecule has 2 aromatic rings. The average molecular weight is 215 g/mol. The van der Waals surface area contributed by atoms with E-state index < -0.39 is 5.54 Å². The molecule has 1 aromatic carbocycles. The zero-order valence-electron chi connectivity index (χ0n) is 9.91. The van der Waals surface area contributed by atoms with Gasteiger partial charge in [-0.3, -0.25) is 0 Å². The Kier molecular flexibility index (Phi) is 2.56. The van der Waals surface area contributed by atoms with Gasteiger partial charge in [0.15, 0.2) is 0 Å². The van der Waals surface area contributed by atoms with Crippen LogP contribution in [0.1, 0.15) is 25.2 Å². The van der Waals surface area contributed by atoms with E-state index in [1.54, 1.807) is 0 Å². The fourth-order valence-corrected chi connectivity index (χ4v) is 1.66. The lowest BCUT2D eigenvalue weighted by Crippen LogP contribution is -2.30. The maximum Gasteiger partial charge on any atom is 0.126 e. The molecule has 3 heteroatoms. The van der Waals surface area contributed by atoms with Crippen LogP contribution in [-0.4, -0.2) is 9.97 Å². The third-order valence-corrected chi connectivity index (χ3v) is 2.62. The molecule has 1 heterocycles. The molecular weight excluding hydrogens is 198 g/mol. The van der Waals surface area contributed by atoms with Gasteiger partial charge in [0.1, 0.15) is 5.82 Å². The highest BCUT2D eigenvalue weighted by molar-refractivity contribution is 5.62. The number of aryl methyl sites for hydroxylation is 1. The molecule has 1 aromatic heterocycles. The van der Waals surface area contributed by atoms with Gasteiger partial charge in [-0.15, -0.1) is 0 Å².